The predicted molar refractivity (Wildman–Crippen MR) is 265 cm³/mol. The van der Waals surface area contributed by atoms with E-state index < -0.39 is 0 Å². The Morgan fingerprint density at radius 3 is 2.27 bits per heavy atom. The molecule has 0 aliphatic carbocycles. The highest BCUT2D eigenvalue weighted by molar-refractivity contribution is 6.26. The second-order valence-electron chi connectivity index (χ2n) is 16.3. The lowest BCUT2D eigenvalue weighted by molar-refractivity contribution is 0.360. The number of nitrogens with zero attached hydrogens (tertiary/aromatic N) is 2. The average molecular weight is 819 g/mol. The molecule has 306 valence electrons. The summed E-state index contributed by atoms with van der Waals surface area (Å²) < 4.78 is 24.5. The number of aromatic nitrogens is 2. The molecule has 0 fully saturated rings. The van der Waals surface area contributed by atoms with Crippen LogP contribution in [0, 0.1) is 6.92 Å². The van der Waals surface area contributed by atoms with E-state index in [1.165, 1.54) is 10.9 Å². The van der Waals surface area contributed by atoms with E-state index in [1.807, 2.05) is 44.2 Å². The molecule has 11 rings (SSSR count). The Hall–Kier alpha value is -7.72. The lowest BCUT2D eigenvalue weighted by Gasteiger charge is -2.12. The van der Waals surface area contributed by atoms with Crippen LogP contribution in [0.5, 0.6) is 5.75 Å². The number of hydrogen-bond acceptors (Lipinski definition) is 3. The molecule has 0 saturated carbocycles. The van der Waals surface area contributed by atoms with E-state index in [2.05, 4.69) is 174 Å². The summed E-state index contributed by atoms with van der Waals surface area (Å²) in [4.78, 5) is 0. The molecule has 10 aromatic rings. The highest BCUT2D eigenvalue weighted by Gasteiger charge is 2.24. The molecule has 1 aliphatic rings. The SMILES string of the molecule is C/C=C\C=C=Cc1c(C)c2c3oc4c(ccc5c4c4ccccc4n5C(C)/C=C\C=C/C)c3ccc2n1C1=C/Cc2cc(-c3ccc4oc5ccccc5c4c3)ccc2OC/C=C\1. The van der Waals surface area contributed by atoms with Gasteiger partial charge in [-0.25, -0.2) is 0 Å². The molecule has 5 heterocycles. The number of para-hydroxylation sites is 2. The van der Waals surface area contributed by atoms with Gasteiger partial charge in [0.25, 0.3) is 0 Å². The maximum absolute atomic E-state index is 7.20. The van der Waals surface area contributed by atoms with Crippen LogP contribution >= 0.6 is 0 Å². The number of benzene rings is 6. The van der Waals surface area contributed by atoms with Gasteiger partial charge in [-0.3, -0.25) is 0 Å². The third-order valence-corrected chi connectivity index (χ3v) is 12.6. The minimum absolute atomic E-state index is 0.142. The quantitative estimate of drug-likeness (QED) is 0.119. The fourth-order valence-corrected chi connectivity index (χ4v) is 9.65. The van der Waals surface area contributed by atoms with Crippen LogP contribution in [0.1, 0.15) is 43.6 Å². The first-order chi connectivity index (χ1) is 31.0. The van der Waals surface area contributed by atoms with Gasteiger partial charge in [-0.2, -0.15) is 0 Å². The van der Waals surface area contributed by atoms with E-state index in [9.17, 15) is 0 Å². The Morgan fingerprint density at radius 1 is 0.667 bits per heavy atom. The molecule has 0 saturated heterocycles. The van der Waals surface area contributed by atoms with E-state index in [-0.39, 0.29) is 6.04 Å². The molecule has 0 spiro atoms. The van der Waals surface area contributed by atoms with Crippen LogP contribution in [0.4, 0.5) is 0 Å². The molecule has 1 aliphatic heterocycles. The van der Waals surface area contributed by atoms with Crippen LogP contribution in [-0.2, 0) is 6.42 Å². The standard InChI is InChI=1S/C58H46N2O3/c1-5-7-9-11-21-48-38(4)55-50(30-28-44-45-29-31-51-56(58(45)63-57(44)55)46-20-12-14-22-49(46)59(51)37(3)17-10-8-6-2)60(48)42-18-16-34-61-52-32-25-39(35-41(52)24-27-42)40-26-33-54-47(36-40)43-19-13-15-23-53(43)62-54/h5-10,12-23,25-33,35-37H,24,34H2,1-4H3/b7-5-,8-6-,17-10-,18-16-,42-27+. The van der Waals surface area contributed by atoms with E-state index in [1.54, 1.807) is 0 Å². The zero-order valence-electron chi connectivity index (χ0n) is 35.9. The van der Waals surface area contributed by atoms with Crippen molar-refractivity contribution in [1.82, 2.24) is 9.13 Å². The molecule has 5 nitrogen and oxygen atoms in total. The first-order valence-corrected chi connectivity index (χ1v) is 21.8. The van der Waals surface area contributed by atoms with Crippen LogP contribution in [0.15, 0.2) is 185 Å². The topological polar surface area (TPSA) is 45.4 Å². The van der Waals surface area contributed by atoms with Crippen molar-refractivity contribution in [2.45, 2.75) is 40.2 Å². The summed E-state index contributed by atoms with van der Waals surface area (Å²) in [5, 5.41) is 7.88. The highest BCUT2D eigenvalue weighted by atomic mass is 16.5. The van der Waals surface area contributed by atoms with Crippen molar-refractivity contribution in [2.24, 2.45) is 0 Å². The molecule has 0 bridgehead atoms. The van der Waals surface area contributed by atoms with Crippen LogP contribution < -0.4 is 4.74 Å². The maximum Gasteiger partial charge on any atom is 0.145 e. The van der Waals surface area contributed by atoms with Gasteiger partial charge in [0, 0.05) is 55.6 Å². The Balaban J connectivity index is 1.08. The van der Waals surface area contributed by atoms with Gasteiger partial charge >= 0.3 is 0 Å². The van der Waals surface area contributed by atoms with Crippen molar-refractivity contribution in [3.63, 3.8) is 0 Å². The lowest BCUT2D eigenvalue weighted by atomic mass is 9.99. The van der Waals surface area contributed by atoms with Gasteiger partial charge < -0.3 is 22.7 Å². The van der Waals surface area contributed by atoms with Crippen molar-refractivity contribution in [2.75, 3.05) is 6.61 Å². The predicted octanol–water partition coefficient (Wildman–Crippen LogP) is 16.0. The number of furan rings is 2. The van der Waals surface area contributed by atoms with Crippen molar-refractivity contribution in [1.29, 1.82) is 0 Å². The number of fused-ring (bicyclic) bond motifs is 13. The van der Waals surface area contributed by atoms with E-state index in [4.69, 9.17) is 13.6 Å². The normalized spacial score (nSPS) is 15.4. The first kappa shape index (κ1) is 38.2. The van der Waals surface area contributed by atoms with E-state index >= 15 is 0 Å². The molecule has 1 unspecified atom stereocenters. The summed E-state index contributed by atoms with van der Waals surface area (Å²) in [7, 11) is 0. The van der Waals surface area contributed by atoms with Crippen LogP contribution in [0.2, 0.25) is 0 Å². The number of ether oxygens (including phenoxy) is 1. The van der Waals surface area contributed by atoms with Gasteiger partial charge in [-0.05, 0) is 135 Å². The summed E-state index contributed by atoms with van der Waals surface area (Å²) in [6, 6.07) is 39.1. The Morgan fingerprint density at radius 2 is 1.41 bits per heavy atom. The largest absolute Gasteiger partial charge is 0.489 e. The summed E-state index contributed by atoms with van der Waals surface area (Å²) in [5.74, 6) is 0.888. The minimum Gasteiger partial charge on any atom is -0.489 e. The van der Waals surface area contributed by atoms with Gasteiger partial charge in [0.05, 0.1) is 22.1 Å². The van der Waals surface area contributed by atoms with Gasteiger partial charge in [0.15, 0.2) is 0 Å². The fourth-order valence-electron chi connectivity index (χ4n) is 9.65. The zero-order valence-corrected chi connectivity index (χ0v) is 35.9. The minimum atomic E-state index is 0.142. The Labute approximate surface area is 365 Å². The third kappa shape index (κ3) is 6.31. The molecule has 6 aromatic carbocycles. The monoisotopic (exact) mass is 818 g/mol. The van der Waals surface area contributed by atoms with E-state index in [0.29, 0.717) is 13.0 Å². The van der Waals surface area contributed by atoms with Gasteiger partial charge in [-0.1, -0.05) is 91.1 Å². The van der Waals surface area contributed by atoms with Crippen LogP contribution in [0.3, 0.4) is 0 Å². The molecule has 0 radical (unpaired) electrons. The molecule has 0 N–H and O–H groups in total. The van der Waals surface area contributed by atoms with Gasteiger partial charge in [-0.15, -0.1) is 5.73 Å². The molecule has 5 heteroatoms. The second kappa shape index (κ2) is 15.6. The van der Waals surface area contributed by atoms with Gasteiger partial charge in [0.1, 0.15) is 34.7 Å². The number of rotatable bonds is 7. The van der Waals surface area contributed by atoms with E-state index in [0.717, 1.165) is 105 Å². The number of allylic oxidation sites excluding steroid dienone is 10. The first-order valence-electron chi connectivity index (χ1n) is 21.8. The molecular formula is C58H46N2O3. The summed E-state index contributed by atoms with van der Waals surface area (Å²) in [5.41, 5.74) is 17.1. The summed E-state index contributed by atoms with van der Waals surface area (Å²) >= 11 is 0. The van der Waals surface area contributed by atoms with Gasteiger partial charge in [0.2, 0.25) is 0 Å². The second-order valence-corrected chi connectivity index (χ2v) is 16.3. The molecule has 4 aromatic heterocycles. The molecule has 63 heavy (non-hydrogen) atoms. The summed E-state index contributed by atoms with van der Waals surface area (Å²) in [6.45, 7) is 8.96. The average Bonchev–Trinajstić information content (AvgIpc) is 4.06. The van der Waals surface area contributed by atoms with Crippen molar-refractivity contribution in [3.8, 4) is 16.9 Å². The summed E-state index contributed by atoms with van der Waals surface area (Å²) in [6.07, 6.45) is 23.9. The molecular weight excluding hydrogens is 773 g/mol. The Bertz CT molecular complexity index is 3690. The third-order valence-electron chi connectivity index (χ3n) is 12.6. The van der Waals surface area contributed by atoms with Crippen molar-refractivity contribution >= 4 is 88.4 Å². The molecule has 0 amide bonds. The smallest absolute Gasteiger partial charge is 0.145 e. The maximum atomic E-state index is 7.20. The zero-order chi connectivity index (χ0) is 42.6. The van der Waals surface area contributed by atoms with Crippen LogP contribution in [-0.4, -0.2) is 15.7 Å². The highest BCUT2D eigenvalue weighted by Crippen LogP contribution is 2.45. The molecule has 1 atom stereocenters. The van der Waals surface area contributed by atoms with Crippen LogP contribution in [0.25, 0.3) is 99.5 Å². The number of aryl methyl sites for hydroxylation is 1. The van der Waals surface area contributed by atoms with Crippen molar-refractivity contribution < 1.29 is 13.6 Å². The number of hydrogen-bond donors (Lipinski definition) is 0. The Kier molecular flexibility index (Phi) is 9.48. The van der Waals surface area contributed by atoms with Crippen molar-refractivity contribution in [3.05, 3.63) is 193 Å². The lowest BCUT2D eigenvalue weighted by Crippen LogP contribution is -2.01. The fraction of sp³-hybridized carbons (Fsp3) is 0.121.